The Morgan fingerprint density at radius 3 is 2.57 bits per heavy atom. The van der Waals surface area contributed by atoms with Crippen LogP contribution < -0.4 is 10.6 Å². The van der Waals surface area contributed by atoms with E-state index in [1.807, 2.05) is 0 Å². The van der Waals surface area contributed by atoms with E-state index in [-0.39, 0.29) is 29.7 Å². The molecule has 2 aromatic rings. The summed E-state index contributed by atoms with van der Waals surface area (Å²) in [4.78, 5) is 27.9. The van der Waals surface area contributed by atoms with Crippen LogP contribution in [0.15, 0.2) is 48.8 Å². The van der Waals surface area contributed by atoms with Gasteiger partial charge in [0.15, 0.2) is 0 Å². The molecule has 23 heavy (non-hydrogen) atoms. The van der Waals surface area contributed by atoms with Gasteiger partial charge in [0.05, 0.1) is 12.1 Å². The predicted octanol–water partition coefficient (Wildman–Crippen LogP) is 1.97. The maximum Gasteiger partial charge on any atom is 0.251 e. The zero-order valence-electron chi connectivity index (χ0n) is 12.3. The largest absolute Gasteiger partial charge is 0.347 e. The molecule has 1 aliphatic heterocycles. The van der Waals surface area contributed by atoms with Crippen molar-refractivity contribution in [2.75, 3.05) is 0 Å². The van der Waals surface area contributed by atoms with Gasteiger partial charge in [-0.05, 0) is 36.2 Å². The van der Waals surface area contributed by atoms with E-state index in [1.165, 1.54) is 12.1 Å². The average Bonchev–Trinajstić information content (AvgIpc) is 2.58. The Bertz CT molecular complexity index is 704. The minimum atomic E-state index is -0.373. The number of hydrogen-bond donors (Lipinski definition) is 2. The number of amides is 2. The lowest BCUT2D eigenvalue weighted by molar-refractivity contribution is -0.123. The third kappa shape index (κ3) is 3.53. The maximum absolute atomic E-state index is 13.1. The smallest absolute Gasteiger partial charge is 0.251 e. The molecule has 2 amide bonds. The molecule has 1 aromatic carbocycles. The van der Waals surface area contributed by atoms with Crippen LogP contribution in [0.3, 0.4) is 0 Å². The predicted molar refractivity (Wildman–Crippen MR) is 82.0 cm³/mol. The van der Waals surface area contributed by atoms with Crippen LogP contribution in [-0.2, 0) is 4.79 Å². The van der Waals surface area contributed by atoms with Gasteiger partial charge in [0.25, 0.3) is 5.91 Å². The van der Waals surface area contributed by atoms with Crippen molar-refractivity contribution in [3.8, 4) is 0 Å². The van der Waals surface area contributed by atoms with Crippen molar-refractivity contribution in [2.45, 2.75) is 24.9 Å². The van der Waals surface area contributed by atoms with Crippen LogP contribution >= 0.6 is 0 Å². The number of pyridine rings is 1. The van der Waals surface area contributed by atoms with E-state index in [1.54, 1.807) is 36.7 Å². The van der Waals surface area contributed by atoms with Gasteiger partial charge in [0.2, 0.25) is 5.91 Å². The second-order valence-corrected chi connectivity index (χ2v) is 5.45. The summed E-state index contributed by atoms with van der Waals surface area (Å²) in [6.45, 7) is 0. The van der Waals surface area contributed by atoms with Crippen molar-refractivity contribution in [1.82, 2.24) is 15.6 Å². The average molecular weight is 313 g/mol. The van der Waals surface area contributed by atoms with Gasteiger partial charge in [-0.15, -0.1) is 0 Å². The number of carbonyl (C=O) groups is 2. The molecule has 1 aliphatic rings. The number of nitrogens with zero attached hydrogens (tertiary/aromatic N) is 1. The normalized spacial score (nSPS) is 20.7. The van der Waals surface area contributed by atoms with Crippen LogP contribution in [0, 0.1) is 5.82 Å². The van der Waals surface area contributed by atoms with Gasteiger partial charge in [-0.2, -0.15) is 0 Å². The highest BCUT2D eigenvalue weighted by Gasteiger charge is 2.31. The first-order valence-electron chi connectivity index (χ1n) is 7.39. The fraction of sp³-hybridized carbons (Fsp3) is 0.235. The molecule has 2 heterocycles. The van der Waals surface area contributed by atoms with Gasteiger partial charge in [0, 0.05) is 24.4 Å². The van der Waals surface area contributed by atoms with Gasteiger partial charge < -0.3 is 10.6 Å². The van der Waals surface area contributed by atoms with Crippen LogP contribution in [0.4, 0.5) is 4.39 Å². The monoisotopic (exact) mass is 313 g/mol. The lowest BCUT2D eigenvalue weighted by Crippen LogP contribution is -2.50. The molecule has 1 fully saturated rings. The third-order valence-corrected chi connectivity index (χ3v) is 3.89. The quantitative estimate of drug-likeness (QED) is 0.910. The van der Waals surface area contributed by atoms with E-state index in [9.17, 15) is 14.0 Å². The van der Waals surface area contributed by atoms with Gasteiger partial charge in [-0.1, -0.05) is 12.1 Å². The second-order valence-electron chi connectivity index (χ2n) is 5.45. The van der Waals surface area contributed by atoms with Crippen LogP contribution in [0.5, 0.6) is 0 Å². The Labute approximate surface area is 132 Å². The Morgan fingerprint density at radius 1 is 1.17 bits per heavy atom. The summed E-state index contributed by atoms with van der Waals surface area (Å²) in [6.07, 6.45) is 3.98. The molecule has 5 nitrogen and oxygen atoms in total. The van der Waals surface area contributed by atoms with E-state index in [0.29, 0.717) is 18.4 Å². The molecule has 0 bridgehead atoms. The Hall–Kier alpha value is -2.76. The molecule has 2 unspecified atom stereocenters. The standard InChI is InChI=1S/C17H16FN3O2/c18-13-3-1-11(2-4-13)16-14(5-6-15(22)21-16)20-17(23)12-7-9-19-10-8-12/h1-4,7-10,14,16H,5-6H2,(H,20,23)(H,21,22). The lowest BCUT2D eigenvalue weighted by Gasteiger charge is -2.33. The topological polar surface area (TPSA) is 71.1 Å². The van der Waals surface area contributed by atoms with Crippen molar-refractivity contribution in [3.63, 3.8) is 0 Å². The van der Waals surface area contributed by atoms with Crippen molar-refractivity contribution < 1.29 is 14.0 Å². The first-order valence-corrected chi connectivity index (χ1v) is 7.39. The number of piperidine rings is 1. The zero-order chi connectivity index (χ0) is 16.2. The molecule has 3 rings (SSSR count). The van der Waals surface area contributed by atoms with E-state index >= 15 is 0 Å². The highest BCUT2D eigenvalue weighted by Crippen LogP contribution is 2.24. The molecule has 0 spiro atoms. The Morgan fingerprint density at radius 2 is 1.87 bits per heavy atom. The Balaban J connectivity index is 1.79. The zero-order valence-corrected chi connectivity index (χ0v) is 12.3. The summed E-state index contributed by atoms with van der Waals surface area (Å²) >= 11 is 0. The molecule has 6 heteroatoms. The number of benzene rings is 1. The van der Waals surface area contributed by atoms with Crippen LogP contribution in [-0.4, -0.2) is 22.8 Å². The summed E-state index contributed by atoms with van der Waals surface area (Å²) in [5.74, 6) is -0.636. The first-order chi connectivity index (χ1) is 11.1. The molecule has 0 radical (unpaired) electrons. The summed E-state index contributed by atoms with van der Waals surface area (Å²) in [5, 5.41) is 5.81. The van der Waals surface area contributed by atoms with Gasteiger partial charge in [-0.25, -0.2) is 4.39 Å². The Kier molecular flexibility index (Phi) is 4.32. The minimum Gasteiger partial charge on any atom is -0.347 e. The highest BCUT2D eigenvalue weighted by molar-refractivity contribution is 5.94. The molecule has 2 atom stereocenters. The van der Waals surface area contributed by atoms with Gasteiger partial charge in [-0.3, -0.25) is 14.6 Å². The number of carbonyl (C=O) groups excluding carboxylic acids is 2. The summed E-state index contributed by atoms with van der Waals surface area (Å²) in [5.41, 5.74) is 1.27. The van der Waals surface area contributed by atoms with Crippen LogP contribution in [0.2, 0.25) is 0 Å². The number of aromatic nitrogens is 1. The number of hydrogen-bond acceptors (Lipinski definition) is 3. The van der Waals surface area contributed by atoms with E-state index in [2.05, 4.69) is 15.6 Å². The van der Waals surface area contributed by atoms with Crippen molar-refractivity contribution in [1.29, 1.82) is 0 Å². The van der Waals surface area contributed by atoms with Crippen molar-refractivity contribution in [2.24, 2.45) is 0 Å². The molecule has 0 aliphatic carbocycles. The number of halogens is 1. The van der Waals surface area contributed by atoms with Gasteiger partial charge >= 0.3 is 0 Å². The second kappa shape index (κ2) is 6.56. The van der Waals surface area contributed by atoms with Crippen LogP contribution in [0.1, 0.15) is 34.8 Å². The van der Waals surface area contributed by atoms with E-state index in [0.717, 1.165) is 5.56 Å². The molecular formula is C17H16FN3O2. The minimum absolute atomic E-state index is 0.0752. The molecule has 118 valence electrons. The first kappa shape index (κ1) is 15.1. The number of nitrogens with one attached hydrogen (secondary N) is 2. The molecule has 2 N–H and O–H groups in total. The SMILES string of the molecule is O=C1CCC(NC(=O)c2ccncc2)C(c2ccc(F)cc2)N1. The fourth-order valence-corrected chi connectivity index (χ4v) is 2.70. The molecular weight excluding hydrogens is 297 g/mol. The van der Waals surface area contributed by atoms with E-state index < -0.39 is 0 Å². The highest BCUT2D eigenvalue weighted by atomic mass is 19.1. The molecule has 1 aromatic heterocycles. The summed E-state index contributed by atoms with van der Waals surface area (Å²) < 4.78 is 13.1. The van der Waals surface area contributed by atoms with E-state index in [4.69, 9.17) is 0 Å². The summed E-state index contributed by atoms with van der Waals surface area (Å²) in [6, 6.07) is 8.57. The van der Waals surface area contributed by atoms with Crippen molar-refractivity contribution in [3.05, 3.63) is 65.7 Å². The third-order valence-electron chi connectivity index (χ3n) is 3.89. The van der Waals surface area contributed by atoms with Crippen molar-refractivity contribution >= 4 is 11.8 Å². The molecule has 0 saturated carbocycles. The van der Waals surface area contributed by atoms with Crippen LogP contribution in [0.25, 0.3) is 0 Å². The maximum atomic E-state index is 13.1. The number of rotatable bonds is 3. The summed E-state index contributed by atoms with van der Waals surface area (Å²) in [7, 11) is 0. The fourth-order valence-electron chi connectivity index (χ4n) is 2.70. The lowest BCUT2D eigenvalue weighted by atomic mass is 9.91. The van der Waals surface area contributed by atoms with Gasteiger partial charge in [0.1, 0.15) is 5.82 Å². The molecule has 1 saturated heterocycles.